The van der Waals surface area contributed by atoms with Crippen molar-refractivity contribution in [2.75, 3.05) is 11.9 Å². The molecule has 0 fully saturated rings. The number of aromatic nitrogens is 2. The number of amides is 2. The highest BCUT2D eigenvalue weighted by Gasteiger charge is 2.16. The third-order valence-electron chi connectivity index (χ3n) is 5.45. The van der Waals surface area contributed by atoms with Crippen LogP contribution in [0.1, 0.15) is 42.7 Å². The SMILES string of the molecule is CC(C)c1cc(NC(=O)NCC(O)c2cccc3ccccc23)n(Cc2ccccc2)n1. The van der Waals surface area contributed by atoms with E-state index in [9.17, 15) is 9.90 Å². The third kappa shape index (κ3) is 4.98. The quantitative estimate of drug-likeness (QED) is 0.385. The van der Waals surface area contributed by atoms with Crippen molar-refractivity contribution in [2.24, 2.45) is 0 Å². The van der Waals surface area contributed by atoms with Crippen molar-refractivity contribution < 1.29 is 9.90 Å². The Labute approximate surface area is 187 Å². The van der Waals surface area contributed by atoms with E-state index in [1.165, 1.54) is 0 Å². The van der Waals surface area contributed by atoms with Crippen LogP contribution in [0.15, 0.2) is 78.9 Å². The first-order valence-electron chi connectivity index (χ1n) is 10.8. The molecule has 6 heteroatoms. The lowest BCUT2D eigenvalue weighted by Crippen LogP contribution is -2.33. The number of nitrogens with zero attached hydrogens (tertiary/aromatic N) is 2. The topological polar surface area (TPSA) is 79.2 Å². The number of benzene rings is 3. The van der Waals surface area contributed by atoms with Gasteiger partial charge in [-0.1, -0.05) is 86.6 Å². The van der Waals surface area contributed by atoms with Crippen LogP contribution in [0.3, 0.4) is 0 Å². The number of rotatable bonds is 7. The smallest absolute Gasteiger partial charge is 0.320 e. The van der Waals surface area contributed by atoms with Crippen LogP contribution in [0.25, 0.3) is 10.8 Å². The molecule has 1 heterocycles. The Balaban J connectivity index is 1.44. The zero-order valence-electron chi connectivity index (χ0n) is 18.3. The average Bonchev–Trinajstić information content (AvgIpc) is 3.20. The van der Waals surface area contributed by atoms with Gasteiger partial charge in [-0.05, 0) is 27.8 Å². The number of nitrogens with one attached hydrogen (secondary N) is 2. The maximum Gasteiger partial charge on any atom is 0.320 e. The molecule has 1 unspecified atom stereocenters. The fraction of sp³-hybridized carbons (Fsp3) is 0.231. The number of fused-ring (bicyclic) bond motifs is 1. The molecule has 4 aromatic rings. The molecule has 4 rings (SSSR count). The number of aliphatic hydroxyl groups excluding tert-OH is 1. The van der Waals surface area contributed by atoms with Crippen LogP contribution in [0, 0.1) is 0 Å². The molecule has 0 spiro atoms. The summed E-state index contributed by atoms with van der Waals surface area (Å²) in [5.74, 6) is 0.860. The summed E-state index contributed by atoms with van der Waals surface area (Å²) in [6.07, 6.45) is -0.813. The number of hydrogen-bond acceptors (Lipinski definition) is 3. The fourth-order valence-electron chi connectivity index (χ4n) is 3.70. The number of anilines is 1. The van der Waals surface area contributed by atoms with E-state index in [2.05, 4.69) is 29.6 Å². The Hall–Kier alpha value is -3.64. The van der Waals surface area contributed by atoms with E-state index in [0.717, 1.165) is 27.6 Å². The van der Waals surface area contributed by atoms with Crippen molar-refractivity contribution in [3.63, 3.8) is 0 Å². The molecule has 0 bridgehead atoms. The Kier molecular flexibility index (Phi) is 6.52. The van der Waals surface area contributed by atoms with Crippen LogP contribution in [-0.4, -0.2) is 27.5 Å². The Morgan fingerprint density at radius 3 is 2.50 bits per heavy atom. The highest BCUT2D eigenvalue weighted by Crippen LogP contribution is 2.24. The first-order chi connectivity index (χ1) is 15.5. The zero-order valence-corrected chi connectivity index (χ0v) is 18.3. The molecule has 32 heavy (non-hydrogen) atoms. The number of carbonyl (C=O) groups is 1. The normalized spacial score (nSPS) is 12.1. The number of aliphatic hydroxyl groups is 1. The lowest BCUT2D eigenvalue weighted by Gasteiger charge is -2.15. The molecule has 2 amide bonds. The molecular formula is C26H28N4O2. The Morgan fingerprint density at radius 1 is 1.00 bits per heavy atom. The van der Waals surface area contributed by atoms with Crippen LogP contribution < -0.4 is 10.6 Å². The maximum atomic E-state index is 12.6. The minimum Gasteiger partial charge on any atom is -0.387 e. The molecule has 0 aliphatic rings. The number of carbonyl (C=O) groups excluding carboxylic acids is 1. The monoisotopic (exact) mass is 428 g/mol. The zero-order chi connectivity index (χ0) is 22.5. The summed E-state index contributed by atoms with van der Waals surface area (Å²) in [6.45, 7) is 4.80. The van der Waals surface area contributed by atoms with Gasteiger partial charge < -0.3 is 10.4 Å². The van der Waals surface area contributed by atoms with E-state index in [4.69, 9.17) is 0 Å². The second-order valence-electron chi connectivity index (χ2n) is 8.17. The van der Waals surface area contributed by atoms with Crippen molar-refractivity contribution in [3.8, 4) is 0 Å². The lowest BCUT2D eigenvalue weighted by molar-refractivity contribution is 0.176. The summed E-state index contributed by atoms with van der Waals surface area (Å²) < 4.78 is 1.80. The van der Waals surface area contributed by atoms with Crippen molar-refractivity contribution >= 4 is 22.6 Å². The summed E-state index contributed by atoms with van der Waals surface area (Å²) in [5.41, 5.74) is 2.80. The fourth-order valence-corrected chi connectivity index (χ4v) is 3.70. The molecule has 0 saturated carbocycles. The first-order valence-corrected chi connectivity index (χ1v) is 10.8. The number of hydrogen-bond donors (Lipinski definition) is 3. The second kappa shape index (κ2) is 9.66. The maximum absolute atomic E-state index is 12.6. The van der Waals surface area contributed by atoms with E-state index in [1.54, 1.807) is 4.68 Å². The molecule has 0 aliphatic carbocycles. The predicted molar refractivity (Wildman–Crippen MR) is 128 cm³/mol. The van der Waals surface area contributed by atoms with Gasteiger partial charge >= 0.3 is 6.03 Å². The molecule has 1 atom stereocenters. The average molecular weight is 429 g/mol. The van der Waals surface area contributed by atoms with Crippen LogP contribution in [0.2, 0.25) is 0 Å². The highest BCUT2D eigenvalue weighted by atomic mass is 16.3. The molecule has 1 aromatic heterocycles. The number of urea groups is 1. The van der Waals surface area contributed by atoms with Gasteiger partial charge in [0.05, 0.1) is 18.3 Å². The predicted octanol–water partition coefficient (Wildman–Crippen LogP) is 5.06. The summed E-state index contributed by atoms with van der Waals surface area (Å²) in [7, 11) is 0. The molecule has 0 radical (unpaired) electrons. The van der Waals surface area contributed by atoms with Gasteiger partial charge in [-0.3, -0.25) is 5.32 Å². The van der Waals surface area contributed by atoms with Crippen LogP contribution in [0.4, 0.5) is 10.6 Å². The van der Waals surface area contributed by atoms with Gasteiger partial charge in [0.15, 0.2) is 0 Å². The standard InChI is InChI=1S/C26H28N4O2/c1-18(2)23-15-25(30(29-23)17-19-9-4-3-5-10-19)28-26(32)27-16-24(31)22-14-8-12-20-11-6-7-13-21(20)22/h3-15,18,24,31H,16-17H2,1-2H3,(H2,27,28,32). The van der Waals surface area contributed by atoms with E-state index in [-0.39, 0.29) is 18.5 Å². The van der Waals surface area contributed by atoms with Crippen LogP contribution in [0.5, 0.6) is 0 Å². The van der Waals surface area contributed by atoms with Gasteiger partial charge in [0.25, 0.3) is 0 Å². The highest BCUT2D eigenvalue weighted by molar-refractivity contribution is 5.89. The molecule has 3 N–H and O–H groups in total. The van der Waals surface area contributed by atoms with Gasteiger partial charge in [-0.15, -0.1) is 0 Å². The molecule has 0 aliphatic heterocycles. The van der Waals surface area contributed by atoms with E-state index in [1.807, 2.05) is 78.9 Å². The van der Waals surface area contributed by atoms with Crippen LogP contribution >= 0.6 is 0 Å². The summed E-state index contributed by atoms with van der Waals surface area (Å²) in [4.78, 5) is 12.6. The van der Waals surface area contributed by atoms with Crippen LogP contribution in [-0.2, 0) is 6.54 Å². The summed E-state index contributed by atoms with van der Waals surface area (Å²) in [6, 6.07) is 25.2. The molecule has 0 saturated heterocycles. The lowest BCUT2D eigenvalue weighted by atomic mass is 10.0. The van der Waals surface area contributed by atoms with Gasteiger partial charge in [0, 0.05) is 12.6 Å². The molecular weight excluding hydrogens is 400 g/mol. The van der Waals surface area contributed by atoms with E-state index in [0.29, 0.717) is 12.4 Å². The minimum absolute atomic E-state index is 0.101. The summed E-state index contributed by atoms with van der Waals surface area (Å²) in [5, 5.41) is 23.1. The molecule has 6 nitrogen and oxygen atoms in total. The third-order valence-corrected chi connectivity index (χ3v) is 5.45. The van der Waals surface area contributed by atoms with Crippen molar-refractivity contribution in [1.82, 2.24) is 15.1 Å². The van der Waals surface area contributed by atoms with Gasteiger partial charge in [0.2, 0.25) is 0 Å². The van der Waals surface area contributed by atoms with Crippen molar-refractivity contribution in [2.45, 2.75) is 32.4 Å². The van der Waals surface area contributed by atoms with Gasteiger partial charge in [0.1, 0.15) is 5.82 Å². The van der Waals surface area contributed by atoms with Gasteiger partial charge in [-0.2, -0.15) is 5.10 Å². The first kappa shape index (κ1) is 21.6. The summed E-state index contributed by atoms with van der Waals surface area (Å²) >= 11 is 0. The second-order valence-corrected chi connectivity index (χ2v) is 8.17. The van der Waals surface area contributed by atoms with E-state index >= 15 is 0 Å². The van der Waals surface area contributed by atoms with E-state index < -0.39 is 6.10 Å². The van der Waals surface area contributed by atoms with Crippen molar-refractivity contribution in [3.05, 3.63) is 95.7 Å². The molecule has 164 valence electrons. The van der Waals surface area contributed by atoms with Gasteiger partial charge in [-0.25, -0.2) is 9.48 Å². The Bertz CT molecular complexity index is 1200. The Morgan fingerprint density at radius 2 is 1.72 bits per heavy atom. The largest absolute Gasteiger partial charge is 0.387 e. The minimum atomic E-state index is -0.813. The molecule has 3 aromatic carbocycles. The van der Waals surface area contributed by atoms with Crippen molar-refractivity contribution in [1.29, 1.82) is 0 Å².